The van der Waals surface area contributed by atoms with Crippen molar-refractivity contribution in [3.63, 3.8) is 0 Å². The number of carbonyl (C=O) groups excluding carboxylic acids is 1. The Morgan fingerprint density at radius 3 is 2.93 bits per heavy atom. The van der Waals surface area contributed by atoms with Crippen molar-refractivity contribution >= 4 is 29.1 Å². The van der Waals surface area contributed by atoms with E-state index in [1.54, 1.807) is 23.1 Å². The van der Waals surface area contributed by atoms with Crippen molar-refractivity contribution in [2.24, 2.45) is 0 Å². The Bertz CT molecular complexity index is 395. The minimum absolute atomic E-state index is 0.331. The Morgan fingerprint density at radius 2 is 2.27 bits per heavy atom. The number of cyclic esters (lactones) is 1. The van der Waals surface area contributed by atoms with Crippen LogP contribution in [0, 0.1) is 0 Å². The standard InChI is InChI=1S/C10H11ClN2O2/c11-8-6-7(2-3-9(8)12)13-4-1-5-15-10(13)14/h2-3,6H,1,4-5,12H2. The molecule has 0 aliphatic carbocycles. The van der Waals surface area contributed by atoms with Gasteiger partial charge in [0.2, 0.25) is 0 Å². The molecule has 0 atom stereocenters. The zero-order valence-corrected chi connectivity index (χ0v) is 8.83. The number of halogens is 1. The number of nitrogen functional groups attached to an aromatic ring is 1. The number of amides is 1. The van der Waals surface area contributed by atoms with E-state index in [2.05, 4.69) is 0 Å². The Kier molecular flexibility index (Phi) is 2.68. The van der Waals surface area contributed by atoms with Gasteiger partial charge in [0.05, 0.1) is 17.3 Å². The Hall–Kier alpha value is -1.42. The fraction of sp³-hybridized carbons (Fsp3) is 0.300. The van der Waals surface area contributed by atoms with Crippen LogP contribution >= 0.6 is 11.6 Å². The molecule has 15 heavy (non-hydrogen) atoms. The van der Waals surface area contributed by atoms with Gasteiger partial charge in [0.15, 0.2) is 0 Å². The SMILES string of the molecule is Nc1ccc(N2CCCOC2=O)cc1Cl. The third kappa shape index (κ3) is 1.99. The molecule has 0 saturated carbocycles. The molecule has 1 amide bonds. The summed E-state index contributed by atoms with van der Waals surface area (Å²) in [6.07, 6.45) is 0.496. The van der Waals surface area contributed by atoms with Crippen LogP contribution in [0.5, 0.6) is 0 Å². The highest BCUT2D eigenvalue weighted by molar-refractivity contribution is 6.33. The van der Waals surface area contributed by atoms with Gasteiger partial charge in [-0.2, -0.15) is 0 Å². The molecule has 1 aliphatic rings. The van der Waals surface area contributed by atoms with Gasteiger partial charge >= 0.3 is 6.09 Å². The van der Waals surface area contributed by atoms with Crippen molar-refractivity contribution in [2.75, 3.05) is 23.8 Å². The lowest BCUT2D eigenvalue weighted by molar-refractivity contribution is 0.140. The number of benzene rings is 1. The maximum Gasteiger partial charge on any atom is 0.414 e. The summed E-state index contributed by atoms with van der Waals surface area (Å²) >= 11 is 5.88. The van der Waals surface area contributed by atoms with Crippen molar-refractivity contribution < 1.29 is 9.53 Å². The Labute approximate surface area is 92.6 Å². The van der Waals surface area contributed by atoms with Crippen LogP contribution in [0.1, 0.15) is 6.42 Å². The predicted octanol–water partition coefficient (Wildman–Crippen LogP) is 2.27. The summed E-state index contributed by atoms with van der Waals surface area (Å²) in [6, 6.07) is 5.11. The normalized spacial score (nSPS) is 16.3. The quantitative estimate of drug-likeness (QED) is 0.748. The molecule has 1 aromatic carbocycles. The summed E-state index contributed by atoms with van der Waals surface area (Å²) in [5.41, 5.74) is 6.81. The second-order valence-corrected chi connectivity index (χ2v) is 3.73. The molecule has 0 radical (unpaired) electrons. The largest absolute Gasteiger partial charge is 0.449 e. The average molecular weight is 227 g/mol. The summed E-state index contributed by atoms with van der Waals surface area (Å²) in [5.74, 6) is 0. The maximum absolute atomic E-state index is 11.4. The molecule has 4 nitrogen and oxygen atoms in total. The van der Waals surface area contributed by atoms with Crippen LogP contribution in [0.3, 0.4) is 0 Å². The fourth-order valence-electron chi connectivity index (χ4n) is 1.47. The first kappa shape index (κ1) is 10.1. The lowest BCUT2D eigenvalue weighted by Crippen LogP contribution is -2.37. The van der Waals surface area contributed by atoms with E-state index in [9.17, 15) is 4.79 Å². The molecule has 2 rings (SSSR count). The molecule has 80 valence electrons. The van der Waals surface area contributed by atoms with E-state index in [4.69, 9.17) is 22.1 Å². The Balaban J connectivity index is 2.28. The van der Waals surface area contributed by atoms with E-state index >= 15 is 0 Å². The second-order valence-electron chi connectivity index (χ2n) is 3.33. The summed E-state index contributed by atoms with van der Waals surface area (Å²) in [6.45, 7) is 1.14. The van der Waals surface area contributed by atoms with E-state index in [0.29, 0.717) is 23.9 Å². The molecule has 0 unspecified atom stereocenters. The summed E-state index contributed by atoms with van der Waals surface area (Å²) in [7, 11) is 0. The highest BCUT2D eigenvalue weighted by Crippen LogP contribution is 2.26. The first-order chi connectivity index (χ1) is 7.18. The molecule has 0 bridgehead atoms. The molecule has 1 saturated heterocycles. The van der Waals surface area contributed by atoms with Gasteiger partial charge in [-0.3, -0.25) is 4.90 Å². The van der Waals surface area contributed by atoms with Gasteiger partial charge < -0.3 is 10.5 Å². The van der Waals surface area contributed by atoms with E-state index in [1.807, 2.05) is 0 Å². The van der Waals surface area contributed by atoms with Gasteiger partial charge in [0, 0.05) is 12.2 Å². The van der Waals surface area contributed by atoms with Crippen molar-refractivity contribution in [1.29, 1.82) is 0 Å². The van der Waals surface area contributed by atoms with Crippen LogP contribution in [-0.2, 0) is 4.74 Å². The van der Waals surface area contributed by atoms with E-state index in [1.165, 1.54) is 0 Å². The van der Waals surface area contributed by atoms with Crippen LogP contribution in [0.2, 0.25) is 5.02 Å². The van der Waals surface area contributed by atoms with Crippen molar-refractivity contribution in [3.8, 4) is 0 Å². The first-order valence-corrected chi connectivity index (χ1v) is 5.05. The number of carbonyl (C=O) groups is 1. The number of nitrogens with zero attached hydrogens (tertiary/aromatic N) is 1. The highest BCUT2D eigenvalue weighted by Gasteiger charge is 2.21. The van der Waals surface area contributed by atoms with Gasteiger partial charge in [0.1, 0.15) is 0 Å². The van der Waals surface area contributed by atoms with Crippen molar-refractivity contribution in [3.05, 3.63) is 23.2 Å². The molecule has 1 aliphatic heterocycles. The number of nitrogens with two attached hydrogens (primary N) is 1. The first-order valence-electron chi connectivity index (χ1n) is 4.68. The number of anilines is 2. The van der Waals surface area contributed by atoms with Crippen LogP contribution in [0.15, 0.2) is 18.2 Å². The van der Waals surface area contributed by atoms with Gasteiger partial charge in [-0.15, -0.1) is 0 Å². The van der Waals surface area contributed by atoms with Crippen molar-refractivity contribution in [2.45, 2.75) is 6.42 Å². The molecule has 1 aromatic rings. The second kappa shape index (κ2) is 3.98. The minimum Gasteiger partial charge on any atom is -0.449 e. The zero-order chi connectivity index (χ0) is 10.8. The minimum atomic E-state index is -0.331. The summed E-state index contributed by atoms with van der Waals surface area (Å²) in [4.78, 5) is 13.0. The van der Waals surface area contributed by atoms with E-state index < -0.39 is 0 Å². The monoisotopic (exact) mass is 226 g/mol. The molecule has 1 heterocycles. The summed E-state index contributed by atoms with van der Waals surface area (Å²) in [5, 5.41) is 0.450. The molecule has 2 N–H and O–H groups in total. The maximum atomic E-state index is 11.4. The molecule has 1 fully saturated rings. The van der Waals surface area contributed by atoms with Gasteiger partial charge in [-0.05, 0) is 24.6 Å². The third-order valence-electron chi connectivity index (χ3n) is 2.27. The summed E-state index contributed by atoms with van der Waals surface area (Å²) < 4.78 is 4.93. The van der Waals surface area contributed by atoms with Gasteiger partial charge in [0.25, 0.3) is 0 Å². The molecule has 5 heteroatoms. The number of hydrogen-bond acceptors (Lipinski definition) is 3. The van der Waals surface area contributed by atoms with Crippen LogP contribution in [0.25, 0.3) is 0 Å². The molecule has 0 aromatic heterocycles. The zero-order valence-electron chi connectivity index (χ0n) is 8.07. The number of ether oxygens (including phenoxy) is 1. The lowest BCUT2D eigenvalue weighted by Gasteiger charge is -2.26. The number of hydrogen-bond donors (Lipinski definition) is 1. The smallest absolute Gasteiger partial charge is 0.414 e. The van der Waals surface area contributed by atoms with Gasteiger partial charge in [-0.1, -0.05) is 11.6 Å². The van der Waals surface area contributed by atoms with E-state index in [0.717, 1.165) is 12.1 Å². The van der Waals surface area contributed by atoms with Crippen LogP contribution in [0.4, 0.5) is 16.2 Å². The van der Waals surface area contributed by atoms with Crippen LogP contribution < -0.4 is 10.6 Å². The Morgan fingerprint density at radius 1 is 1.47 bits per heavy atom. The topological polar surface area (TPSA) is 55.6 Å². The van der Waals surface area contributed by atoms with E-state index in [-0.39, 0.29) is 6.09 Å². The molecular formula is C10H11ClN2O2. The predicted molar refractivity (Wildman–Crippen MR) is 59.2 cm³/mol. The van der Waals surface area contributed by atoms with Crippen LogP contribution in [-0.4, -0.2) is 19.2 Å². The third-order valence-corrected chi connectivity index (χ3v) is 2.60. The lowest BCUT2D eigenvalue weighted by atomic mass is 10.2. The average Bonchev–Trinajstić information content (AvgIpc) is 2.23. The molecule has 0 spiro atoms. The van der Waals surface area contributed by atoms with Crippen molar-refractivity contribution in [1.82, 2.24) is 0 Å². The molecular weight excluding hydrogens is 216 g/mol. The number of rotatable bonds is 1. The fourth-order valence-corrected chi connectivity index (χ4v) is 1.64. The van der Waals surface area contributed by atoms with Gasteiger partial charge in [-0.25, -0.2) is 4.79 Å². The highest BCUT2D eigenvalue weighted by atomic mass is 35.5.